The third-order valence-electron chi connectivity index (χ3n) is 4.56. The zero-order valence-electron chi connectivity index (χ0n) is 17.4. The molecule has 1 aromatic heterocycles. The van der Waals surface area contributed by atoms with Crippen molar-refractivity contribution < 1.29 is 33.1 Å². The normalized spacial score (nSPS) is 13.3. The molecule has 2 heterocycles. The van der Waals surface area contributed by atoms with E-state index in [-0.39, 0.29) is 43.2 Å². The van der Waals surface area contributed by atoms with E-state index >= 15 is 0 Å². The smallest absolute Gasteiger partial charge is 0.338 e. The molecule has 0 saturated carbocycles. The summed E-state index contributed by atoms with van der Waals surface area (Å²) in [5.41, 5.74) is 2.22. The quantitative estimate of drug-likeness (QED) is 0.611. The molecule has 0 saturated heterocycles. The topological polar surface area (TPSA) is 129 Å². The van der Waals surface area contributed by atoms with Crippen LogP contribution < -0.4 is 15.4 Å². The summed E-state index contributed by atoms with van der Waals surface area (Å²) in [7, 11) is 0. The van der Waals surface area contributed by atoms with Crippen LogP contribution in [0.25, 0.3) is 0 Å². The Kier molecular flexibility index (Phi) is 6.91. The van der Waals surface area contributed by atoms with Gasteiger partial charge in [-0.2, -0.15) is 0 Å². The molecule has 31 heavy (non-hydrogen) atoms. The Morgan fingerprint density at radius 2 is 1.97 bits per heavy atom. The number of hydrogen-bond acceptors (Lipinski definition) is 8. The molecule has 1 aliphatic heterocycles. The molecule has 164 valence electrons. The number of ether oxygens (including phenoxy) is 3. The average molecular weight is 429 g/mol. The number of rotatable bonds is 8. The van der Waals surface area contributed by atoms with E-state index in [1.165, 1.54) is 0 Å². The van der Waals surface area contributed by atoms with Gasteiger partial charge in [-0.3, -0.25) is 0 Å². The first kappa shape index (κ1) is 21.9. The van der Waals surface area contributed by atoms with Gasteiger partial charge in [-0.05, 0) is 39.0 Å². The number of carbonyl (C=O) groups excluding carboxylic acids is 3. The van der Waals surface area contributed by atoms with Gasteiger partial charge in [0.05, 0.1) is 41.2 Å². The zero-order valence-corrected chi connectivity index (χ0v) is 17.4. The highest BCUT2D eigenvalue weighted by atomic mass is 16.5. The molecule has 0 radical (unpaired) electrons. The highest BCUT2D eigenvalue weighted by molar-refractivity contribution is 5.94. The van der Waals surface area contributed by atoms with Crippen molar-refractivity contribution in [3.63, 3.8) is 0 Å². The molecule has 3 rings (SSSR count). The summed E-state index contributed by atoms with van der Waals surface area (Å²) in [6, 6.07) is 6.00. The van der Waals surface area contributed by atoms with Crippen molar-refractivity contribution in [1.82, 2.24) is 15.8 Å². The number of nitrogens with one attached hydrogen (secondary N) is 2. The lowest BCUT2D eigenvalue weighted by Gasteiger charge is -2.21. The minimum absolute atomic E-state index is 0.0113. The maximum atomic E-state index is 12.5. The predicted octanol–water partition coefficient (Wildman–Crippen LogP) is 2.16. The van der Waals surface area contributed by atoms with Crippen LogP contribution in [-0.2, 0) is 20.9 Å². The van der Waals surface area contributed by atoms with Crippen LogP contribution in [-0.4, -0.2) is 42.9 Å². The molecule has 0 atom stereocenters. The number of aromatic nitrogens is 1. The fourth-order valence-corrected chi connectivity index (χ4v) is 2.87. The SMILES string of the molecule is CCOC(=O)C1=C(COC(=O)c2cccc(OCc3c(C)noc3C)c2)NC(=O)NC1. The molecular formula is C21H23N3O7. The van der Waals surface area contributed by atoms with Gasteiger partial charge in [0.25, 0.3) is 0 Å². The lowest BCUT2D eigenvalue weighted by Crippen LogP contribution is -2.45. The standard InChI is InChI=1S/C21H23N3O7/c1-4-28-20(26)16-9-22-21(27)23-18(16)11-30-19(25)14-6-5-7-15(8-14)29-10-17-12(2)24-31-13(17)3/h5-8H,4,9-11H2,1-3H3,(H2,22,23,27). The number of carbonyl (C=O) groups is 3. The molecule has 0 unspecified atom stereocenters. The third-order valence-corrected chi connectivity index (χ3v) is 4.56. The first-order chi connectivity index (χ1) is 14.9. The summed E-state index contributed by atoms with van der Waals surface area (Å²) in [6.45, 7) is 5.42. The molecular weight excluding hydrogens is 406 g/mol. The Labute approximate surface area is 178 Å². The van der Waals surface area contributed by atoms with E-state index in [1.807, 2.05) is 6.92 Å². The van der Waals surface area contributed by atoms with Gasteiger partial charge in [-0.25, -0.2) is 14.4 Å². The molecule has 2 amide bonds. The highest BCUT2D eigenvalue weighted by Crippen LogP contribution is 2.19. The molecule has 10 nitrogen and oxygen atoms in total. The van der Waals surface area contributed by atoms with Crippen molar-refractivity contribution in [1.29, 1.82) is 0 Å². The fraction of sp³-hybridized carbons (Fsp3) is 0.333. The predicted molar refractivity (Wildman–Crippen MR) is 107 cm³/mol. The van der Waals surface area contributed by atoms with Crippen molar-refractivity contribution in [2.45, 2.75) is 27.4 Å². The number of esters is 2. The van der Waals surface area contributed by atoms with E-state index in [2.05, 4.69) is 15.8 Å². The van der Waals surface area contributed by atoms with Gasteiger partial charge in [-0.1, -0.05) is 11.2 Å². The lowest BCUT2D eigenvalue weighted by atomic mass is 10.1. The summed E-state index contributed by atoms with van der Waals surface area (Å²) in [5, 5.41) is 8.84. The number of hydrogen-bond donors (Lipinski definition) is 2. The summed E-state index contributed by atoms with van der Waals surface area (Å²) in [5.74, 6) is -0.0825. The van der Waals surface area contributed by atoms with Gasteiger partial charge in [0, 0.05) is 0 Å². The summed E-state index contributed by atoms with van der Waals surface area (Å²) < 4.78 is 21.1. The molecule has 1 aromatic carbocycles. The van der Waals surface area contributed by atoms with Crippen LogP contribution in [0.15, 0.2) is 40.1 Å². The largest absolute Gasteiger partial charge is 0.489 e. The minimum Gasteiger partial charge on any atom is -0.489 e. The molecule has 1 aliphatic rings. The molecule has 0 fully saturated rings. The van der Waals surface area contributed by atoms with Gasteiger partial charge in [0.15, 0.2) is 0 Å². The van der Waals surface area contributed by atoms with Crippen molar-refractivity contribution in [3.8, 4) is 5.75 Å². The first-order valence-corrected chi connectivity index (χ1v) is 9.64. The highest BCUT2D eigenvalue weighted by Gasteiger charge is 2.24. The molecule has 0 aliphatic carbocycles. The Morgan fingerprint density at radius 3 is 2.68 bits per heavy atom. The number of amides is 2. The van der Waals surface area contributed by atoms with Gasteiger partial charge in [-0.15, -0.1) is 0 Å². The third kappa shape index (κ3) is 5.41. The van der Waals surface area contributed by atoms with Gasteiger partial charge in [0.1, 0.15) is 24.7 Å². The van der Waals surface area contributed by atoms with Crippen molar-refractivity contribution in [2.75, 3.05) is 19.8 Å². The van der Waals surface area contributed by atoms with Crippen molar-refractivity contribution in [3.05, 3.63) is 58.1 Å². The zero-order chi connectivity index (χ0) is 22.4. The maximum absolute atomic E-state index is 12.5. The van der Waals surface area contributed by atoms with Crippen molar-refractivity contribution in [2.24, 2.45) is 0 Å². The van der Waals surface area contributed by atoms with E-state index in [0.29, 0.717) is 11.5 Å². The van der Waals surface area contributed by atoms with Crippen LogP contribution in [0.3, 0.4) is 0 Å². The second-order valence-electron chi connectivity index (χ2n) is 6.68. The van der Waals surface area contributed by atoms with Crippen LogP contribution in [0, 0.1) is 13.8 Å². The van der Waals surface area contributed by atoms with E-state index < -0.39 is 18.0 Å². The molecule has 2 aromatic rings. The Morgan fingerprint density at radius 1 is 1.16 bits per heavy atom. The van der Waals surface area contributed by atoms with Crippen LogP contribution in [0.5, 0.6) is 5.75 Å². The van der Waals surface area contributed by atoms with Gasteiger partial charge < -0.3 is 29.4 Å². The van der Waals surface area contributed by atoms with Crippen LogP contribution in [0.4, 0.5) is 4.79 Å². The van der Waals surface area contributed by atoms with Gasteiger partial charge >= 0.3 is 18.0 Å². The van der Waals surface area contributed by atoms with Gasteiger partial charge in [0.2, 0.25) is 0 Å². The van der Waals surface area contributed by atoms with E-state index in [4.69, 9.17) is 18.7 Å². The number of nitrogens with zero attached hydrogens (tertiary/aromatic N) is 1. The molecule has 2 N–H and O–H groups in total. The first-order valence-electron chi connectivity index (χ1n) is 9.64. The molecule has 10 heteroatoms. The molecule has 0 bridgehead atoms. The number of benzene rings is 1. The second kappa shape index (κ2) is 9.79. The van der Waals surface area contributed by atoms with Crippen LogP contribution in [0.2, 0.25) is 0 Å². The van der Waals surface area contributed by atoms with E-state index in [9.17, 15) is 14.4 Å². The average Bonchev–Trinajstić information content (AvgIpc) is 3.08. The summed E-state index contributed by atoms with van der Waals surface area (Å²) >= 11 is 0. The Hall–Kier alpha value is -3.82. The second-order valence-corrected chi connectivity index (χ2v) is 6.68. The van der Waals surface area contributed by atoms with Crippen LogP contribution in [0.1, 0.15) is 34.3 Å². The lowest BCUT2D eigenvalue weighted by molar-refractivity contribution is -0.138. The fourth-order valence-electron chi connectivity index (χ4n) is 2.87. The van der Waals surface area contributed by atoms with Crippen LogP contribution >= 0.6 is 0 Å². The summed E-state index contributed by atoms with van der Waals surface area (Å²) in [4.78, 5) is 36.1. The maximum Gasteiger partial charge on any atom is 0.338 e. The van der Waals surface area contributed by atoms with E-state index in [0.717, 1.165) is 11.3 Å². The number of urea groups is 1. The Balaban J connectivity index is 1.65. The number of aryl methyl sites for hydroxylation is 2. The minimum atomic E-state index is -0.633. The van der Waals surface area contributed by atoms with E-state index in [1.54, 1.807) is 38.1 Å². The summed E-state index contributed by atoms with van der Waals surface area (Å²) in [6.07, 6.45) is 0. The molecule has 0 spiro atoms. The monoisotopic (exact) mass is 429 g/mol. The van der Waals surface area contributed by atoms with Crippen molar-refractivity contribution >= 4 is 18.0 Å². The Bertz CT molecular complexity index is 1010.